The van der Waals surface area contributed by atoms with Crippen LogP contribution in [0.25, 0.3) is 4.96 Å². The summed E-state index contributed by atoms with van der Waals surface area (Å²) in [5.41, 5.74) is 0.0633. The van der Waals surface area contributed by atoms with Gasteiger partial charge in [0.1, 0.15) is 5.69 Å². The molecular formula is C12H10F2N4OS. The predicted octanol–water partition coefficient (Wildman–Crippen LogP) is 2.25. The summed E-state index contributed by atoms with van der Waals surface area (Å²) in [5, 5.41) is 0. The van der Waals surface area contributed by atoms with Crippen LogP contribution in [0.1, 0.15) is 22.7 Å². The summed E-state index contributed by atoms with van der Waals surface area (Å²) in [6, 6.07) is 1.40. The van der Waals surface area contributed by atoms with Crippen molar-refractivity contribution in [3.8, 4) is 0 Å². The fourth-order valence-corrected chi connectivity index (χ4v) is 2.75. The molecule has 0 aliphatic carbocycles. The van der Waals surface area contributed by atoms with Gasteiger partial charge < -0.3 is 4.57 Å². The summed E-state index contributed by atoms with van der Waals surface area (Å²) in [7, 11) is 0. The minimum Gasteiger partial charge on any atom is -0.331 e. The van der Waals surface area contributed by atoms with Gasteiger partial charge in [-0.1, -0.05) is 0 Å². The average Bonchev–Trinajstić information content (AvgIpc) is 2.95. The number of aryl methyl sites for hydroxylation is 1. The lowest BCUT2D eigenvalue weighted by Gasteiger charge is -2.01. The topological polar surface area (TPSA) is 52.2 Å². The lowest BCUT2D eigenvalue weighted by molar-refractivity contribution is 0.146. The van der Waals surface area contributed by atoms with Gasteiger partial charge in [-0.2, -0.15) is 0 Å². The van der Waals surface area contributed by atoms with Crippen molar-refractivity contribution in [2.45, 2.75) is 19.9 Å². The number of nitrogens with zero attached hydrogens (tertiary/aromatic N) is 4. The summed E-state index contributed by atoms with van der Waals surface area (Å²) in [6.07, 6.45) is 1.70. The molecule has 3 heterocycles. The SMILES string of the molecule is Cc1cn2c(=O)cc(Cn3cnc(C(F)F)c3)nc2s1. The number of hydrogen-bond acceptors (Lipinski definition) is 4. The van der Waals surface area contributed by atoms with Gasteiger partial charge >= 0.3 is 0 Å². The molecule has 0 unspecified atom stereocenters. The zero-order chi connectivity index (χ0) is 14.3. The number of hydrogen-bond donors (Lipinski definition) is 0. The van der Waals surface area contributed by atoms with E-state index in [0.717, 1.165) is 4.88 Å². The zero-order valence-corrected chi connectivity index (χ0v) is 11.3. The van der Waals surface area contributed by atoms with Crippen molar-refractivity contribution in [2.24, 2.45) is 0 Å². The fourth-order valence-electron chi connectivity index (χ4n) is 1.90. The highest BCUT2D eigenvalue weighted by molar-refractivity contribution is 7.16. The Hall–Kier alpha value is -2.09. The Morgan fingerprint density at radius 3 is 2.90 bits per heavy atom. The molecule has 0 amide bonds. The summed E-state index contributed by atoms with van der Waals surface area (Å²) < 4.78 is 27.9. The molecule has 8 heteroatoms. The maximum Gasteiger partial charge on any atom is 0.281 e. The molecule has 0 N–H and O–H groups in total. The summed E-state index contributed by atoms with van der Waals surface area (Å²) in [4.78, 5) is 21.4. The van der Waals surface area contributed by atoms with Crippen LogP contribution in [0.2, 0.25) is 0 Å². The van der Waals surface area contributed by atoms with Crippen LogP contribution in [0.4, 0.5) is 8.78 Å². The van der Waals surface area contributed by atoms with Crippen LogP contribution >= 0.6 is 11.3 Å². The molecule has 3 aromatic heterocycles. The maximum absolute atomic E-state index is 12.5. The van der Waals surface area contributed by atoms with Crippen LogP contribution in [-0.4, -0.2) is 18.9 Å². The molecular weight excluding hydrogens is 286 g/mol. The molecule has 0 aliphatic rings. The minimum absolute atomic E-state index is 0.177. The van der Waals surface area contributed by atoms with Crippen LogP contribution in [0.3, 0.4) is 0 Å². The number of thiazole rings is 1. The van der Waals surface area contributed by atoms with E-state index in [1.165, 1.54) is 38.9 Å². The van der Waals surface area contributed by atoms with Crippen molar-refractivity contribution in [2.75, 3.05) is 0 Å². The van der Waals surface area contributed by atoms with E-state index in [2.05, 4.69) is 9.97 Å². The Balaban J connectivity index is 1.95. The third-order valence-corrected chi connectivity index (χ3v) is 3.66. The van der Waals surface area contributed by atoms with Gasteiger partial charge in [0, 0.05) is 23.3 Å². The molecule has 0 bridgehead atoms. The van der Waals surface area contributed by atoms with E-state index >= 15 is 0 Å². The van der Waals surface area contributed by atoms with Crippen LogP contribution in [0.15, 0.2) is 29.6 Å². The van der Waals surface area contributed by atoms with E-state index in [1.807, 2.05) is 6.92 Å². The van der Waals surface area contributed by atoms with Crippen molar-refractivity contribution in [1.29, 1.82) is 0 Å². The molecule has 0 saturated heterocycles. The molecule has 0 atom stereocenters. The van der Waals surface area contributed by atoms with Crippen molar-refractivity contribution in [3.05, 3.63) is 51.4 Å². The normalized spacial score (nSPS) is 11.6. The van der Waals surface area contributed by atoms with E-state index in [-0.39, 0.29) is 17.8 Å². The van der Waals surface area contributed by atoms with E-state index in [9.17, 15) is 13.6 Å². The minimum atomic E-state index is -2.60. The third kappa shape index (κ3) is 2.34. The Bertz CT molecular complexity index is 820. The van der Waals surface area contributed by atoms with Gasteiger partial charge in [0.25, 0.3) is 12.0 Å². The first-order valence-electron chi connectivity index (χ1n) is 5.81. The van der Waals surface area contributed by atoms with Crippen molar-refractivity contribution in [3.63, 3.8) is 0 Å². The molecule has 0 spiro atoms. The highest BCUT2D eigenvalue weighted by atomic mass is 32.1. The average molecular weight is 296 g/mol. The van der Waals surface area contributed by atoms with E-state index in [0.29, 0.717) is 10.7 Å². The first kappa shape index (κ1) is 12.9. The molecule has 0 aromatic carbocycles. The molecule has 3 rings (SSSR count). The van der Waals surface area contributed by atoms with Crippen LogP contribution in [0.5, 0.6) is 0 Å². The molecule has 5 nitrogen and oxygen atoms in total. The summed E-state index contributed by atoms with van der Waals surface area (Å²) in [5.74, 6) is 0. The van der Waals surface area contributed by atoms with Crippen molar-refractivity contribution >= 4 is 16.3 Å². The second-order valence-electron chi connectivity index (χ2n) is 4.35. The smallest absolute Gasteiger partial charge is 0.281 e. The van der Waals surface area contributed by atoms with Crippen LogP contribution < -0.4 is 5.56 Å². The fraction of sp³-hybridized carbons (Fsp3) is 0.250. The van der Waals surface area contributed by atoms with Gasteiger partial charge in [0.15, 0.2) is 4.96 Å². The number of halogens is 2. The molecule has 0 aliphatic heterocycles. The Morgan fingerprint density at radius 1 is 1.40 bits per heavy atom. The highest BCUT2D eigenvalue weighted by Gasteiger charge is 2.11. The van der Waals surface area contributed by atoms with Crippen molar-refractivity contribution in [1.82, 2.24) is 18.9 Å². The maximum atomic E-state index is 12.5. The van der Waals surface area contributed by atoms with Crippen molar-refractivity contribution < 1.29 is 8.78 Å². The number of aromatic nitrogens is 4. The standard InChI is InChI=1S/C12H10F2N4OS/c1-7-3-18-10(19)2-8(16-12(18)20-7)4-17-5-9(11(13)14)15-6-17/h2-3,5-6,11H,4H2,1H3. The quantitative estimate of drug-likeness (QED) is 0.745. The Morgan fingerprint density at radius 2 is 2.20 bits per heavy atom. The van der Waals surface area contributed by atoms with Gasteiger partial charge in [-0.05, 0) is 6.92 Å². The number of rotatable bonds is 3. The van der Waals surface area contributed by atoms with Crippen LogP contribution in [0, 0.1) is 6.92 Å². The Kier molecular flexibility index (Phi) is 3.09. The first-order chi connectivity index (χ1) is 9.52. The van der Waals surface area contributed by atoms with E-state index < -0.39 is 6.43 Å². The van der Waals surface area contributed by atoms with E-state index in [1.54, 1.807) is 6.20 Å². The monoisotopic (exact) mass is 296 g/mol. The number of imidazole rings is 1. The summed E-state index contributed by atoms with van der Waals surface area (Å²) in [6.45, 7) is 2.13. The highest BCUT2D eigenvalue weighted by Crippen LogP contribution is 2.16. The molecule has 0 saturated carbocycles. The molecule has 3 aromatic rings. The first-order valence-corrected chi connectivity index (χ1v) is 6.63. The van der Waals surface area contributed by atoms with Crippen LogP contribution in [-0.2, 0) is 6.54 Å². The predicted molar refractivity (Wildman–Crippen MR) is 70.4 cm³/mol. The third-order valence-electron chi connectivity index (χ3n) is 2.76. The second-order valence-corrected chi connectivity index (χ2v) is 5.56. The molecule has 0 radical (unpaired) electrons. The van der Waals surface area contributed by atoms with E-state index in [4.69, 9.17) is 0 Å². The van der Waals surface area contributed by atoms with Gasteiger partial charge in [-0.25, -0.2) is 18.7 Å². The number of fused-ring (bicyclic) bond motifs is 1. The molecule has 104 valence electrons. The summed E-state index contributed by atoms with van der Waals surface area (Å²) >= 11 is 1.41. The largest absolute Gasteiger partial charge is 0.331 e. The van der Waals surface area contributed by atoms with Gasteiger partial charge in [-0.15, -0.1) is 11.3 Å². The lowest BCUT2D eigenvalue weighted by Crippen LogP contribution is -2.14. The lowest BCUT2D eigenvalue weighted by atomic mass is 10.4. The molecule has 0 fully saturated rings. The van der Waals surface area contributed by atoms with Gasteiger partial charge in [0.05, 0.1) is 18.6 Å². The van der Waals surface area contributed by atoms with Gasteiger partial charge in [-0.3, -0.25) is 9.20 Å². The zero-order valence-electron chi connectivity index (χ0n) is 10.5. The second kappa shape index (κ2) is 4.78. The number of alkyl halides is 2. The van der Waals surface area contributed by atoms with Gasteiger partial charge in [0.2, 0.25) is 0 Å². The molecule has 20 heavy (non-hydrogen) atoms. The Labute approximate surface area is 116 Å².